The molecule has 0 aliphatic rings. The van der Waals surface area contributed by atoms with Crippen molar-refractivity contribution in [1.82, 2.24) is 0 Å². The minimum Gasteiger partial charge on any atom is -0.488 e. The summed E-state index contributed by atoms with van der Waals surface area (Å²) in [5, 5.41) is 8.61. The first-order valence-corrected chi connectivity index (χ1v) is 6.27. The summed E-state index contributed by atoms with van der Waals surface area (Å²) in [6.07, 6.45) is 4.17. The van der Waals surface area contributed by atoms with Crippen molar-refractivity contribution in [2.75, 3.05) is 6.61 Å². The molecular weight excluding hydrogens is 352 g/mol. The van der Waals surface area contributed by atoms with Crippen LogP contribution < -0.4 is 4.74 Å². The quantitative estimate of drug-likeness (QED) is 0.639. The van der Waals surface area contributed by atoms with E-state index in [2.05, 4.69) is 38.4 Å². The summed E-state index contributed by atoms with van der Waals surface area (Å²) in [4.78, 5) is 10.5. The summed E-state index contributed by atoms with van der Waals surface area (Å²) in [6.45, 7) is 3.92. The maximum Gasteiger partial charge on any atom is 0.328 e. The van der Waals surface area contributed by atoms with Crippen molar-refractivity contribution < 1.29 is 14.6 Å². The van der Waals surface area contributed by atoms with Gasteiger partial charge in [0.2, 0.25) is 0 Å². The zero-order valence-electron chi connectivity index (χ0n) is 8.82. The van der Waals surface area contributed by atoms with Gasteiger partial charge in [-0.3, -0.25) is 0 Å². The maximum atomic E-state index is 10.5. The Kier molecular flexibility index (Phi) is 5.44. The Hall–Kier alpha value is -1.07. The van der Waals surface area contributed by atoms with E-state index in [4.69, 9.17) is 9.84 Å². The zero-order chi connectivity index (χ0) is 12.8. The first kappa shape index (κ1) is 14.0. The smallest absolute Gasteiger partial charge is 0.328 e. The summed E-state index contributed by atoms with van der Waals surface area (Å²) in [5.74, 6) is -0.415. The molecule has 0 heterocycles. The van der Waals surface area contributed by atoms with Crippen LogP contribution in [0.4, 0.5) is 0 Å². The van der Waals surface area contributed by atoms with Crippen LogP contribution in [0.2, 0.25) is 0 Å². The molecule has 0 aliphatic carbocycles. The third kappa shape index (κ3) is 4.36. The van der Waals surface area contributed by atoms with Gasteiger partial charge in [0, 0.05) is 16.1 Å². The Bertz CT molecular complexity index is 467. The lowest BCUT2D eigenvalue weighted by molar-refractivity contribution is -0.131. The van der Waals surface area contributed by atoms with Crippen molar-refractivity contribution in [1.29, 1.82) is 0 Å². The monoisotopic (exact) mass is 360 g/mol. The number of halogens is 2. The van der Waals surface area contributed by atoms with Gasteiger partial charge in [0.1, 0.15) is 12.4 Å². The molecule has 1 N–H and O–H groups in total. The molecule has 1 aromatic rings. The molecule has 90 valence electrons. The van der Waals surface area contributed by atoms with Crippen LogP contribution in [-0.2, 0) is 4.79 Å². The van der Waals surface area contributed by atoms with Gasteiger partial charge < -0.3 is 9.84 Å². The van der Waals surface area contributed by atoms with Crippen LogP contribution in [-0.4, -0.2) is 17.7 Å². The highest BCUT2D eigenvalue weighted by Gasteiger charge is 2.08. The van der Waals surface area contributed by atoms with Gasteiger partial charge in [-0.25, -0.2) is 4.79 Å². The molecule has 0 unspecified atom stereocenters. The van der Waals surface area contributed by atoms with E-state index in [-0.39, 0.29) is 0 Å². The second kappa shape index (κ2) is 6.61. The standard InChI is InChI=1S/C12H10Br2O3/c1-2-5-17-12-8(3-4-11(15)16)6-9(13)7-10(12)14/h2-4,6-7H,1,5H2,(H,15,16)/b4-3+. The minimum atomic E-state index is -1.00. The Morgan fingerprint density at radius 2 is 2.18 bits per heavy atom. The molecule has 5 heteroatoms. The highest BCUT2D eigenvalue weighted by atomic mass is 79.9. The first-order chi connectivity index (χ1) is 8.04. The molecule has 0 aromatic heterocycles. The van der Waals surface area contributed by atoms with Gasteiger partial charge in [0.05, 0.1) is 4.47 Å². The molecule has 0 atom stereocenters. The number of carbonyl (C=O) groups is 1. The summed E-state index contributed by atoms with van der Waals surface area (Å²) in [6, 6.07) is 3.61. The van der Waals surface area contributed by atoms with Crippen LogP contribution in [0.5, 0.6) is 5.75 Å². The summed E-state index contributed by atoms with van der Waals surface area (Å²) >= 11 is 6.70. The van der Waals surface area contributed by atoms with Crippen molar-refractivity contribution in [3.8, 4) is 5.75 Å². The fourth-order valence-corrected chi connectivity index (χ4v) is 2.53. The number of aliphatic carboxylic acids is 1. The Balaban J connectivity index is 3.14. The summed E-state index contributed by atoms with van der Waals surface area (Å²) in [7, 11) is 0. The molecule has 0 aliphatic heterocycles. The van der Waals surface area contributed by atoms with E-state index in [9.17, 15) is 4.79 Å². The van der Waals surface area contributed by atoms with E-state index < -0.39 is 5.97 Å². The zero-order valence-corrected chi connectivity index (χ0v) is 12.0. The van der Waals surface area contributed by atoms with Crippen molar-refractivity contribution in [2.24, 2.45) is 0 Å². The van der Waals surface area contributed by atoms with Crippen LogP contribution in [0, 0.1) is 0 Å². The summed E-state index contributed by atoms with van der Waals surface area (Å²) < 4.78 is 7.06. The second-order valence-corrected chi connectivity index (χ2v) is 4.85. The average Bonchev–Trinajstić information content (AvgIpc) is 2.24. The molecule has 0 amide bonds. The maximum absolute atomic E-state index is 10.5. The van der Waals surface area contributed by atoms with Crippen molar-refractivity contribution in [3.63, 3.8) is 0 Å². The van der Waals surface area contributed by atoms with E-state index in [1.165, 1.54) is 6.08 Å². The lowest BCUT2D eigenvalue weighted by Gasteiger charge is -2.10. The van der Waals surface area contributed by atoms with Crippen molar-refractivity contribution >= 4 is 43.9 Å². The topological polar surface area (TPSA) is 46.5 Å². The predicted octanol–water partition coefficient (Wildman–Crippen LogP) is 3.87. The molecule has 1 rings (SSSR count). The fourth-order valence-electron chi connectivity index (χ4n) is 1.16. The normalized spacial score (nSPS) is 10.5. The van der Waals surface area contributed by atoms with Gasteiger partial charge in [0.15, 0.2) is 0 Å². The van der Waals surface area contributed by atoms with E-state index >= 15 is 0 Å². The molecule has 0 saturated heterocycles. The van der Waals surface area contributed by atoms with E-state index in [0.717, 1.165) is 15.0 Å². The number of benzene rings is 1. The third-order valence-electron chi connectivity index (χ3n) is 1.79. The highest BCUT2D eigenvalue weighted by Crippen LogP contribution is 2.33. The molecule has 0 fully saturated rings. The number of hydrogen-bond acceptors (Lipinski definition) is 2. The van der Waals surface area contributed by atoms with Gasteiger partial charge in [-0.15, -0.1) is 0 Å². The molecular formula is C12H10Br2O3. The Labute approximate surface area is 116 Å². The second-order valence-electron chi connectivity index (χ2n) is 3.08. The van der Waals surface area contributed by atoms with Gasteiger partial charge in [-0.2, -0.15) is 0 Å². The number of ether oxygens (including phenoxy) is 1. The molecule has 0 spiro atoms. The molecule has 17 heavy (non-hydrogen) atoms. The number of rotatable bonds is 5. The fraction of sp³-hybridized carbons (Fsp3) is 0.0833. The highest BCUT2D eigenvalue weighted by molar-refractivity contribution is 9.11. The third-order valence-corrected chi connectivity index (χ3v) is 2.83. The van der Waals surface area contributed by atoms with Gasteiger partial charge in [-0.1, -0.05) is 28.6 Å². The molecule has 3 nitrogen and oxygen atoms in total. The van der Waals surface area contributed by atoms with E-state index in [0.29, 0.717) is 17.9 Å². The van der Waals surface area contributed by atoms with E-state index in [1.807, 2.05) is 6.07 Å². The van der Waals surface area contributed by atoms with Crippen LogP contribution in [0.15, 0.2) is 39.8 Å². The average molecular weight is 362 g/mol. The number of carboxylic acids is 1. The van der Waals surface area contributed by atoms with Crippen LogP contribution in [0.3, 0.4) is 0 Å². The summed E-state index contributed by atoms with van der Waals surface area (Å²) in [5.41, 5.74) is 0.676. The van der Waals surface area contributed by atoms with E-state index in [1.54, 1.807) is 12.1 Å². The molecule has 0 radical (unpaired) electrons. The molecule has 0 saturated carbocycles. The first-order valence-electron chi connectivity index (χ1n) is 4.68. The Morgan fingerprint density at radius 1 is 1.47 bits per heavy atom. The number of hydrogen-bond donors (Lipinski definition) is 1. The lowest BCUT2D eigenvalue weighted by Crippen LogP contribution is -1.97. The van der Waals surface area contributed by atoms with Gasteiger partial charge >= 0.3 is 5.97 Å². The van der Waals surface area contributed by atoms with Crippen LogP contribution >= 0.6 is 31.9 Å². The minimum absolute atomic E-state index is 0.355. The SMILES string of the molecule is C=CCOc1c(Br)cc(Br)cc1/C=C/C(=O)O. The van der Waals surface area contributed by atoms with Crippen LogP contribution in [0.1, 0.15) is 5.56 Å². The lowest BCUT2D eigenvalue weighted by atomic mass is 10.2. The predicted molar refractivity (Wildman–Crippen MR) is 74.2 cm³/mol. The molecule has 1 aromatic carbocycles. The largest absolute Gasteiger partial charge is 0.488 e. The van der Waals surface area contributed by atoms with Gasteiger partial charge in [-0.05, 0) is 34.1 Å². The van der Waals surface area contributed by atoms with Crippen molar-refractivity contribution in [2.45, 2.75) is 0 Å². The van der Waals surface area contributed by atoms with Crippen LogP contribution in [0.25, 0.3) is 6.08 Å². The van der Waals surface area contributed by atoms with Crippen molar-refractivity contribution in [3.05, 3.63) is 45.4 Å². The van der Waals surface area contributed by atoms with Gasteiger partial charge in [0.25, 0.3) is 0 Å². The number of carboxylic acid groups (broad SMARTS) is 1. The Morgan fingerprint density at radius 3 is 2.76 bits per heavy atom. The molecule has 0 bridgehead atoms.